The molecule has 24 heavy (non-hydrogen) atoms. The highest BCUT2D eigenvalue weighted by atomic mass is 19.1. The van der Waals surface area contributed by atoms with Crippen molar-refractivity contribution in [2.45, 2.75) is 33.1 Å². The molecular formula is C22H23FN+. The molecule has 0 aliphatic rings. The van der Waals surface area contributed by atoms with E-state index in [1.165, 1.54) is 23.4 Å². The predicted molar refractivity (Wildman–Crippen MR) is 96.8 cm³/mol. The number of aromatic nitrogens is 1. The van der Waals surface area contributed by atoms with Gasteiger partial charge in [0.25, 0.3) is 0 Å². The van der Waals surface area contributed by atoms with Crippen LogP contribution < -0.4 is 4.57 Å². The Hall–Kier alpha value is -2.48. The van der Waals surface area contributed by atoms with Crippen molar-refractivity contribution in [2.75, 3.05) is 0 Å². The summed E-state index contributed by atoms with van der Waals surface area (Å²) in [4.78, 5) is 0. The van der Waals surface area contributed by atoms with Gasteiger partial charge in [0.2, 0.25) is 11.4 Å². The summed E-state index contributed by atoms with van der Waals surface area (Å²) < 4.78 is 15.7. The van der Waals surface area contributed by atoms with Gasteiger partial charge in [-0.3, -0.25) is 0 Å². The number of hydrogen-bond donors (Lipinski definition) is 0. The minimum atomic E-state index is -0.210. The van der Waals surface area contributed by atoms with Gasteiger partial charge in [-0.25, -0.2) is 4.39 Å². The van der Waals surface area contributed by atoms with E-state index in [0.29, 0.717) is 5.92 Å². The number of halogens is 1. The number of benzene rings is 2. The zero-order valence-electron chi connectivity index (χ0n) is 14.5. The van der Waals surface area contributed by atoms with Crippen LogP contribution in [-0.2, 0) is 6.42 Å². The minimum Gasteiger partial charge on any atom is -0.207 e. The third-order valence-electron chi connectivity index (χ3n) is 4.34. The molecule has 122 valence electrons. The van der Waals surface area contributed by atoms with Gasteiger partial charge in [-0.15, -0.1) is 0 Å². The summed E-state index contributed by atoms with van der Waals surface area (Å²) in [6.07, 6.45) is 0.976. The number of nitrogens with zero attached hydrogens (tertiary/aromatic N) is 1. The Kier molecular flexibility index (Phi) is 4.75. The van der Waals surface area contributed by atoms with Gasteiger partial charge >= 0.3 is 0 Å². The van der Waals surface area contributed by atoms with E-state index in [9.17, 15) is 4.39 Å². The molecule has 1 aromatic heterocycles. The lowest BCUT2D eigenvalue weighted by Gasteiger charge is -2.14. The van der Waals surface area contributed by atoms with E-state index in [1.54, 1.807) is 0 Å². The first-order valence-electron chi connectivity index (χ1n) is 8.51. The molecule has 1 heterocycles. The lowest BCUT2D eigenvalue weighted by atomic mass is 9.98. The summed E-state index contributed by atoms with van der Waals surface area (Å²) in [5.41, 5.74) is 5.89. The van der Waals surface area contributed by atoms with E-state index in [-0.39, 0.29) is 5.82 Å². The number of rotatable bonds is 4. The molecule has 0 aliphatic heterocycles. The van der Waals surface area contributed by atoms with Crippen molar-refractivity contribution >= 4 is 0 Å². The van der Waals surface area contributed by atoms with E-state index in [0.717, 1.165) is 23.4 Å². The van der Waals surface area contributed by atoms with Crippen molar-refractivity contribution in [2.24, 2.45) is 0 Å². The quantitative estimate of drug-likeness (QED) is 0.562. The predicted octanol–water partition coefficient (Wildman–Crippen LogP) is 5.46. The van der Waals surface area contributed by atoms with Crippen molar-refractivity contribution in [3.63, 3.8) is 0 Å². The SMILES string of the molecule is CCc1ccc(-c2ccccc2)[n+](-c2ccc(F)cc2)c1C(C)C. The molecule has 0 spiro atoms. The second-order valence-corrected chi connectivity index (χ2v) is 6.32. The van der Waals surface area contributed by atoms with Crippen molar-refractivity contribution in [1.29, 1.82) is 0 Å². The zero-order chi connectivity index (χ0) is 17.1. The van der Waals surface area contributed by atoms with E-state index in [1.807, 2.05) is 30.3 Å². The summed E-state index contributed by atoms with van der Waals surface area (Å²) in [5, 5.41) is 0. The standard InChI is InChI=1S/C22H23FN/c1-4-17-10-15-21(18-8-6-5-7-9-18)24(22(17)16(2)3)20-13-11-19(23)12-14-20/h5-16H,4H2,1-3H3/q+1. The maximum atomic E-state index is 13.4. The third kappa shape index (κ3) is 3.09. The molecule has 0 atom stereocenters. The summed E-state index contributed by atoms with van der Waals surface area (Å²) in [5.74, 6) is 0.159. The smallest absolute Gasteiger partial charge is 0.207 e. The Balaban J connectivity index is 2.34. The average molecular weight is 320 g/mol. The van der Waals surface area contributed by atoms with Crippen LogP contribution in [0.4, 0.5) is 4.39 Å². The molecule has 0 fully saturated rings. The minimum absolute atomic E-state index is 0.210. The van der Waals surface area contributed by atoms with Crippen molar-refractivity contribution in [1.82, 2.24) is 0 Å². The third-order valence-corrected chi connectivity index (χ3v) is 4.34. The van der Waals surface area contributed by atoms with Gasteiger partial charge in [0.1, 0.15) is 5.82 Å². The number of pyridine rings is 1. The van der Waals surface area contributed by atoms with E-state index in [2.05, 4.69) is 49.6 Å². The van der Waals surface area contributed by atoms with Crippen molar-refractivity contribution in [3.8, 4) is 16.9 Å². The van der Waals surface area contributed by atoms with E-state index < -0.39 is 0 Å². The Bertz CT molecular complexity index is 821. The normalized spacial score (nSPS) is 11.0. The first kappa shape index (κ1) is 16.4. The van der Waals surface area contributed by atoms with Crippen molar-refractivity contribution < 1.29 is 8.96 Å². The molecule has 0 aliphatic carbocycles. The van der Waals surface area contributed by atoms with Gasteiger partial charge in [-0.2, -0.15) is 4.57 Å². The fourth-order valence-electron chi connectivity index (χ4n) is 3.24. The van der Waals surface area contributed by atoms with Crippen LogP contribution in [0.25, 0.3) is 16.9 Å². The fourth-order valence-corrected chi connectivity index (χ4v) is 3.24. The summed E-state index contributed by atoms with van der Waals surface area (Å²) in [6.45, 7) is 6.60. The van der Waals surface area contributed by atoms with Crippen LogP contribution in [0.1, 0.15) is 37.9 Å². The Labute approximate surface area is 143 Å². The van der Waals surface area contributed by atoms with Gasteiger partial charge in [0, 0.05) is 35.2 Å². The van der Waals surface area contributed by atoms with Crippen LogP contribution in [0.5, 0.6) is 0 Å². The molecule has 2 heteroatoms. The Morgan fingerprint density at radius 1 is 0.875 bits per heavy atom. The highest BCUT2D eigenvalue weighted by Crippen LogP contribution is 2.24. The molecule has 3 rings (SSSR count). The Morgan fingerprint density at radius 3 is 2.12 bits per heavy atom. The molecule has 2 aromatic carbocycles. The van der Waals surface area contributed by atoms with Gasteiger partial charge in [-0.1, -0.05) is 39.0 Å². The maximum absolute atomic E-state index is 13.4. The largest absolute Gasteiger partial charge is 0.218 e. The number of hydrogen-bond acceptors (Lipinski definition) is 0. The molecule has 0 saturated heterocycles. The van der Waals surface area contributed by atoms with E-state index in [4.69, 9.17) is 0 Å². The molecule has 3 aromatic rings. The molecule has 0 bridgehead atoms. The zero-order valence-corrected chi connectivity index (χ0v) is 14.5. The monoisotopic (exact) mass is 320 g/mol. The fraction of sp³-hybridized carbons (Fsp3) is 0.227. The first-order valence-corrected chi connectivity index (χ1v) is 8.51. The summed E-state index contributed by atoms with van der Waals surface area (Å²) in [6, 6.07) is 21.5. The highest BCUT2D eigenvalue weighted by Gasteiger charge is 2.26. The van der Waals surface area contributed by atoms with Crippen molar-refractivity contribution in [3.05, 3.63) is 83.8 Å². The van der Waals surface area contributed by atoms with Crippen LogP contribution in [0, 0.1) is 5.82 Å². The molecule has 0 saturated carbocycles. The van der Waals surface area contributed by atoms with Crippen LogP contribution in [0.2, 0.25) is 0 Å². The number of aryl methyl sites for hydroxylation is 1. The second kappa shape index (κ2) is 6.96. The molecule has 0 amide bonds. The van der Waals surface area contributed by atoms with Crippen LogP contribution in [-0.4, -0.2) is 0 Å². The highest BCUT2D eigenvalue weighted by molar-refractivity contribution is 5.57. The molecule has 0 radical (unpaired) electrons. The maximum Gasteiger partial charge on any atom is 0.218 e. The molecule has 0 unspecified atom stereocenters. The van der Waals surface area contributed by atoms with Crippen LogP contribution >= 0.6 is 0 Å². The van der Waals surface area contributed by atoms with Gasteiger partial charge in [0.15, 0.2) is 5.69 Å². The second-order valence-electron chi connectivity index (χ2n) is 6.32. The lowest BCUT2D eigenvalue weighted by molar-refractivity contribution is -0.594. The van der Waals surface area contributed by atoms with Crippen LogP contribution in [0.15, 0.2) is 66.7 Å². The van der Waals surface area contributed by atoms with E-state index >= 15 is 0 Å². The topological polar surface area (TPSA) is 3.88 Å². The molecule has 1 nitrogen and oxygen atoms in total. The van der Waals surface area contributed by atoms with Gasteiger partial charge in [-0.05, 0) is 36.8 Å². The van der Waals surface area contributed by atoms with Gasteiger partial charge in [0.05, 0.1) is 0 Å². The Morgan fingerprint density at radius 2 is 1.54 bits per heavy atom. The van der Waals surface area contributed by atoms with Crippen LogP contribution in [0.3, 0.4) is 0 Å². The lowest BCUT2D eigenvalue weighted by Crippen LogP contribution is -2.40. The van der Waals surface area contributed by atoms with Gasteiger partial charge < -0.3 is 0 Å². The molecular weight excluding hydrogens is 297 g/mol. The average Bonchev–Trinajstić information content (AvgIpc) is 2.61. The molecule has 0 N–H and O–H groups in total. The summed E-state index contributed by atoms with van der Waals surface area (Å²) in [7, 11) is 0. The first-order chi connectivity index (χ1) is 11.6. The summed E-state index contributed by atoms with van der Waals surface area (Å²) >= 11 is 0.